The van der Waals surface area contributed by atoms with E-state index in [2.05, 4.69) is 168 Å². The van der Waals surface area contributed by atoms with E-state index in [1.165, 1.54) is 30.9 Å². The highest BCUT2D eigenvalue weighted by molar-refractivity contribution is 7.25. The molecule has 5 nitrogen and oxygen atoms in total. The molecular formula is C52H31N5S. The van der Waals surface area contributed by atoms with E-state index in [0.717, 1.165) is 55.7 Å². The number of nitriles is 1. The average Bonchev–Trinajstić information content (AvgIpc) is 3.84. The lowest BCUT2D eigenvalue weighted by molar-refractivity contribution is 1.07. The zero-order valence-corrected chi connectivity index (χ0v) is 31.9. The third-order valence-electron chi connectivity index (χ3n) is 10.9. The fourth-order valence-corrected chi connectivity index (χ4v) is 9.19. The predicted octanol–water partition coefficient (Wildman–Crippen LogP) is 13.5. The Hall–Kier alpha value is -7.72. The van der Waals surface area contributed by atoms with Gasteiger partial charge in [0.25, 0.3) is 0 Å². The van der Waals surface area contributed by atoms with Gasteiger partial charge in [-0.15, -0.1) is 11.3 Å². The first-order valence-corrected chi connectivity index (χ1v) is 20.0. The summed E-state index contributed by atoms with van der Waals surface area (Å²) in [5, 5.41) is 14.5. The zero-order chi connectivity index (χ0) is 38.6. The minimum atomic E-state index is 0.534. The number of aromatic nitrogens is 4. The van der Waals surface area contributed by atoms with Crippen LogP contribution in [0.15, 0.2) is 188 Å². The lowest BCUT2D eigenvalue weighted by atomic mass is 10.00. The molecule has 6 heteroatoms. The Morgan fingerprint density at radius 2 is 0.931 bits per heavy atom. The molecule has 0 aliphatic rings. The van der Waals surface area contributed by atoms with Gasteiger partial charge in [-0.25, -0.2) is 15.0 Å². The van der Waals surface area contributed by atoms with Gasteiger partial charge in [0.15, 0.2) is 17.5 Å². The van der Waals surface area contributed by atoms with Crippen LogP contribution in [0.4, 0.5) is 0 Å². The van der Waals surface area contributed by atoms with Crippen LogP contribution in [-0.4, -0.2) is 19.5 Å². The number of nitrogens with zero attached hydrogens (tertiary/aromatic N) is 5. The summed E-state index contributed by atoms with van der Waals surface area (Å²) < 4.78 is 4.92. The van der Waals surface area contributed by atoms with Gasteiger partial charge in [-0.3, -0.25) is 0 Å². The van der Waals surface area contributed by atoms with Crippen molar-refractivity contribution in [1.82, 2.24) is 19.5 Å². The van der Waals surface area contributed by atoms with Crippen LogP contribution in [-0.2, 0) is 0 Å². The van der Waals surface area contributed by atoms with Crippen LogP contribution in [0.2, 0.25) is 0 Å². The van der Waals surface area contributed by atoms with Gasteiger partial charge in [0, 0.05) is 53.2 Å². The molecule has 3 heterocycles. The van der Waals surface area contributed by atoms with Crippen LogP contribution >= 0.6 is 11.3 Å². The minimum Gasteiger partial charge on any atom is -0.309 e. The molecule has 0 spiro atoms. The van der Waals surface area contributed by atoms with Crippen molar-refractivity contribution in [3.63, 3.8) is 0 Å². The summed E-state index contributed by atoms with van der Waals surface area (Å²) in [5.74, 6) is 1.66. The largest absolute Gasteiger partial charge is 0.309 e. The second kappa shape index (κ2) is 13.8. The van der Waals surface area contributed by atoms with Gasteiger partial charge >= 0.3 is 0 Å². The van der Waals surface area contributed by atoms with E-state index in [-0.39, 0.29) is 0 Å². The molecule has 0 aliphatic carbocycles. The van der Waals surface area contributed by atoms with Crippen LogP contribution in [0.1, 0.15) is 5.56 Å². The third-order valence-corrected chi connectivity index (χ3v) is 12.1. The Bertz CT molecular complexity index is 3360. The van der Waals surface area contributed by atoms with Crippen molar-refractivity contribution in [3.8, 4) is 68.2 Å². The molecule has 0 radical (unpaired) electrons. The fraction of sp³-hybridized carbons (Fsp3) is 0. The molecule has 0 unspecified atom stereocenters. The Labute approximate surface area is 338 Å². The molecule has 0 fully saturated rings. The van der Waals surface area contributed by atoms with Crippen LogP contribution in [0, 0.1) is 11.3 Å². The molecule has 0 bridgehead atoms. The van der Waals surface area contributed by atoms with Gasteiger partial charge in [-0.05, 0) is 83.4 Å². The number of rotatable bonds is 6. The summed E-state index contributed by atoms with van der Waals surface area (Å²) >= 11 is 1.82. The van der Waals surface area contributed by atoms with Gasteiger partial charge in [0.2, 0.25) is 0 Å². The van der Waals surface area contributed by atoms with Crippen LogP contribution in [0.3, 0.4) is 0 Å². The van der Waals surface area contributed by atoms with E-state index in [1.54, 1.807) is 12.1 Å². The minimum absolute atomic E-state index is 0.534. The summed E-state index contributed by atoms with van der Waals surface area (Å²) in [7, 11) is 0. The topological polar surface area (TPSA) is 67.4 Å². The Balaban J connectivity index is 1.11. The lowest BCUT2D eigenvalue weighted by Gasteiger charge is -2.16. The third kappa shape index (κ3) is 5.73. The number of hydrogen-bond acceptors (Lipinski definition) is 5. The van der Waals surface area contributed by atoms with E-state index in [0.29, 0.717) is 23.0 Å². The number of fused-ring (bicyclic) bond motifs is 6. The second-order valence-corrected chi connectivity index (χ2v) is 15.4. The van der Waals surface area contributed by atoms with Crippen molar-refractivity contribution in [2.24, 2.45) is 0 Å². The summed E-state index contributed by atoms with van der Waals surface area (Å²) in [6.07, 6.45) is 0. The van der Waals surface area contributed by atoms with Gasteiger partial charge in [0.05, 0.1) is 28.4 Å². The molecular weight excluding hydrogens is 727 g/mol. The maximum absolute atomic E-state index is 9.55. The SMILES string of the molecule is N#Cc1ccc(-c2nc(-c3cccc(-c4ccc5sc6ccccc6c5c4)c3)nc(-c3ccc(-c4ccccc4)c(-n4c5ccccc5c5ccccc54)c3)n2)cc1. The van der Waals surface area contributed by atoms with Crippen molar-refractivity contribution in [3.05, 3.63) is 194 Å². The summed E-state index contributed by atoms with van der Waals surface area (Å²) in [5.41, 5.74) is 10.8. The molecule has 0 saturated heterocycles. The number of hydrogen-bond donors (Lipinski definition) is 0. The van der Waals surface area contributed by atoms with Gasteiger partial charge in [0.1, 0.15) is 0 Å². The first kappa shape index (κ1) is 33.6. The standard InChI is InChI=1S/C52H31N5S/c53-32-33-21-23-35(24-22-33)50-54-51(38-14-10-13-36(29-38)37-26-28-49-44(30-37)43-17-6-9-20-48(43)58-49)56-52(55-50)39-25-27-40(34-11-2-1-3-12-34)47(31-39)57-45-18-7-4-15-41(45)42-16-5-8-19-46(42)57/h1-31H. The van der Waals surface area contributed by atoms with Gasteiger partial charge < -0.3 is 4.57 Å². The van der Waals surface area contributed by atoms with E-state index < -0.39 is 0 Å². The van der Waals surface area contributed by atoms with Gasteiger partial charge in [-0.1, -0.05) is 121 Å². The van der Waals surface area contributed by atoms with E-state index in [1.807, 2.05) is 29.5 Å². The molecule has 270 valence electrons. The van der Waals surface area contributed by atoms with Crippen molar-refractivity contribution >= 4 is 53.3 Å². The Morgan fingerprint density at radius 3 is 1.66 bits per heavy atom. The second-order valence-electron chi connectivity index (χ2n) is 14.4. The molecule has 58 heavy (non-hydrogen) atoms. The normalized spacial score (nSPS) is 11.4. The first-order valence-electron chi connectivity index (χ1n) is 19.2. The highest BCUT2D eigenvalue weighted by atomic mass is 32.1. The smallest absolute Gasteiger partial charge is 0.164 e. The zero-order valence-electron chi connectivity index (χ0n) is 31.0. The summed E-state index contributed by atoms with van der Waals surface area (Å²) in [6, 6.07) is 67.5. The first-order chi connectivity index (χ1) is 28.7. The molecule has 8 aromatic carbocycles. The van der Waals surface area contributed by atoms with E-state index >= 15 is 0 Å². The maximum atomic E-state index is 9.55. The number of thiophene rings is 1. The summed E-state index contributed by atoms with van der Waals surface area (Å²) in [6.45, 7) is 0. The molecule has 3 aromatic heterocycles. The van der Waals surface area contributed by atoms with Gasteiger partial charge in [-0.2, -0.15) is 5.26 Å². The lowest BCUT2D eigenvalue weighted by Crippen LogP contribution is -2.02. The van der Waals surface area contributed by atoms with Crippen LogP contribution < -0.4 is 0 Å². The molecule has 0 aliphatic heterocycles. The monoisotopic (exact) mass is 757 g/mol. The molecule has 11 rings (SSSR count). The number of benzene rings is 8. The quantitative estimate of drug-likeness (QED) is 0.169. The average molecular weight is 758 g/mol. The van der Waals surface area contributed by atoms with E-state index in [9.17, 15) is 5.26 Å². The molecule has 0 saturated carbocycles. The molecule has 0 N–H and O–H groups in total. The Kier molecular flexibility index (Phi) is 7.99. The molecule has 0 atom stereocenters. The summed E-state index contributed by atoms with van der Waals surface area (Å²) in [4.78, 5) is 15.4. The highest BCUT2D eigenvalue weighted by Crippen LogP contribution is 2.40. The molecule has 11 aromatic rings. The van der Waals surface area contributed by atoms with Crippen molar-refractivity contribution in [2.75, 3.05) is 0 Å². The Morgan fingerprint density at radius 1 is 0.397 bits per heavy atom. The van der Waals surface area contributed by atoms with Crippen LogP contribution in [0.5, 0.6) is 0 Å². The van der Waals surface area contributed by atoms with Crippen LogP contribution in [0.25, 0.3) is 104 Å². The highest BCUT2D eigenvalue weighted by Gasteiger charge is 2.19. The van der Waals surface area contributed by atoms with Crippen molar-refractivity contribution < 1.29 is 0 Å². The van der Waals surface area contributed by atoms with E-state index in [4.69, 9.17) is 15.0 Å². The predicted molar refractivity (Wildman–Crippen MR) is 239 cm³/mol. The maximum Gasteiger partial charge on any atom is 0.164 e. The number of para-hydroxylation sites is 2. The van der Waals surface area contributed by atoms with Crippen molar-refractivity contribution in [2.45, 2.75) is 0 Å². The molecule has 0 amide bonds. The van der Waals surface area contributed by atoms with Crippen molar-refractivity contribution in [1.29, 1.82) is 5.26 Å². The fourth-order valence-electron chi connectivity index (χ4n) is 8.10.